The molecule has 0 amide bonds. The van der Waals surface area contributed by atoms with Crippen molar-refractivity contribution in [3.8, 4) is 0 Å². The minimum absolute atomic E-state index is 0.201. The zero-order valence-corrected chi connectivity index (χ0v) is 7.59. The minimum atomic E-state index is 0.201. The number of nitrogens with two attached hydrogens (primary N) is 1. The number of nitrogens with one attached hydrogen (secondary N) is 2. The second-order valence-electron chi connectivity index (χ2n) is 2.51. The molecular weight excluding hydrogens is 158 g/mol. The van der Waals surface area contributed by atoms with Gasteiger partial charge < -0.3 is 11.1 Å². The number of amidine groups is 1. The molecule has 0 aromatic carbocycles. The molecule has 0 saturated heterocycles. The Labute approximate surface area is 70.9 Å². The van der Waals surface area contributed by atoms with E-state index in [0.717, 1.165) is 17.0 Å². The molecule has 1 heterocycles. The van der Waals surface area contributed by atoms with Gasteiger partial charge in [-0.3, -0.25) is 5.41 Å². The van der Waals surface area contributed by atoms with Crippen LogP contribution in [-0.2, 0) is 0 Å². The van der Waals surface area contributed by atoms with E-state index >= 15 is 0 Å². The van der Waals surface area contributed by atoms with Crippen molar-refractivity contribution in [2.24, 2.45) is 5.73 Å². The average molecular weight is 171 g/mol. The van der Waals surface area contributed by atoms with Crippen molar-refractivity contribution in [1.29, 1.82) is 5.41 Å². The summed E-state index contributed by atoms with van der Waals surface area (Å²) in [6.07, 6.45) is 0. The summed E-state index contributed by atoms with van der Waals surface area (Å²) in [4.78, 5) is 0. The third kappa shape index (κ3) is 1.50. The first-order chi connectivity index (χ1) is 5.16. The lowest BCUT2D eigenvalue weighted by Crippen LogP contribution is -2.21. The van der Waals surface area contributed by atoms with Gasteiger partial charge in [-0.05, 0) is 6.92 Å². The molecule has 0 saturated carbocycles. The van der Waals surface area contributed by atoms with Crippen LogP contribution in [-0.4, -0.2) is 23.9 Å². The molecule has 0 fully saturated rings. The van der Waals surface area contributed by atoms with Crippen molar-refractivity contribution < 1.29 is 0 Å². The van der Waals surface area contributed by atoms with Crippen molar-refractivity contribution in [1.82, 2.24) is 5.32 Å². The Morgan fingerprint density at radius 1 is 1.82 bits per heavy atom. The van der Waals surface area contributed by atoms with Gasteiger partial charge in [-0.15, -0.1) is 11.8 Å². The SMILES string of the molecule is CNC1=C(C(=N)N)[C@H](C)SC1. The molecule has 0 aliphatic carbocycles. The minimum Gasteiger partial charge on any atom is -0.390 e. The Balaban J connectivity index is 2.90. The van der Waals surface area contributed by atoms with Crippen LogP contribution in [0.5, 0.6) is 0 Å². The molecule has 0 aromatic heterocycles. The third-order valence-electron chi connectivity index (χ3n) is 1.80. The molecule has 11 heavy (non-hydrogen) atoms. The fourth-order valence-electron chi connectivity index (χ4n) is 1.20. The zero-order chi connectivity index (χ0) is 8.43. The Morgan fingerprint density at radius 2 is 2.45 bits per heavy atom. The summed E-state index contributed by atoms with van der Waals surface area (Å²) in [6.45, 7) is 2.08. The van der Waals surface area contributed by atoms with Gasteiger partial charge in [0, 0.05) is 29.3 Å². The van der Waals surface area contributed by atoms with Crippen molar-refractivity contribution in [2.45, 2.75) is 12.2 Å². The molecule has 1 aliphatic heterocycles. The maximum absolute atomic E-state index is 7.32. The van der Waals surface area contributed by atoms with Gasteiger partial charge in [0.15, 0.2) is 0 Å². The molecule has 0 unspecified atom stereocenters. The Kier molecular flexibility index (Phi) is 2.44. The van der Waals surface area contributed by atoms with Crippen LogP contribution in [0, 0.1) is 5.41 Å². The zero-order valence-electron chi connectivity index (χ0n) is 6.77. The number of hydrogen-bond acceptors (Lipinski definition) is 3. The van der Waals surface area contributed by atoms with Gasteiger partial charge in [0.1, 0.15) is 5.84 Å². The highest BCUT2D eigenvalue weighted by molar-refractivity contribution is 8.00. The van der Waals surface area contributed by atoms with Crippen molar-refractivity contribution in [3.05, 3.63) is 11.3 Å². The molecule has 0 spiro atoms. The van der Waals surface area contributed by atoms with Gasteiger partial charge in [0.25, 0.3) is 0 Å². The smallest absolute Gasteiger partial charge is 0.121 e. The third-order valence-corrected chi connectivity index (χ3v) is 2.99. The van der Waals surface area contributed by atoms with Crippen molar-refractivity contribution >= 4 is 17.6 Å². The molecule has 1 aliphatic rings. The van der Waals surface area contributed by atoms with Crippen LogP contribution >= 0.6 is 11.8 Å². The summed E-state index contributed by atoms with van der Waals surface area (Å²) in [5, 5.41) is 10.8. The highest BCUT2D eigenvalue weighted by atomic mass is 32.2. The second-order valence-corrected chi connectivity index (χ2v) is 3.84. The van der Waals surface area contributed by atoms with Crippen LogP contribution in [0.15, 0.2) is 11.3 Å². The molecular formula is C7H13N3S. The molecule has 62 valence electrons. The van der Waals surface area contributed by atoms with E-state index in [1.165, 1.54) is 0 Å². The van der Waals surface area contributed by atoms with Crippen LogP contribution < -0.4 is 11.1 Å². The quantitative estimate of drug-likeness (QED) is 0.419. The average Bonchev–Trinajstić information content (AvgIpc) is 2.30. The van der Waals surface area contributed by atoms with E-state index in [1.54, 1.807) is 0 Å². The predicted octanol–water partition coefficient (Wildman–Crippen LogP) is 0.531. The highest BCUT2D eigenvalue weighted by Gasteiger charge is 2.23. The molecule has 4 heteroatoms. The maximum atomic E-state index is 7.32. The van der Waals surface area contributed by atoms with E-state index in [1.807, 2.05) is 18.8 Å². The van der Waals surface area contributed by atoms with E-state index < -0.39 is 0 Å². The Morgan fingerprint density at radius 3 is 2.82 bits per heavy atom. The molecule has 4 N–H and O–H groups in total. The highest BCUT2D eigenvalue weighted by Crippen LogP contribution is 2.30. The van der Waals surface area contributed by atoms with Crippen molar-refractivity contribution in [2.75, 3.05) is 12.8 Å². The fourth-order valence-corrected chi connectivity index (χ4v) is 2.36. The molecule has 0 radical (unpaired) electrons. The monoisotopic (exact) mass is 171 g/mol. The first-order valence-electron chi connectivity index (χ1n) is 3.53. The number of hydrogen-bond donors (Lipinski definition) is 3. The van der Waals surface area contributed by atoms with Gasteiger partial charge in [0.05, 0.1) is 0 Å². The van der Waals surface area contributed by atoms with E-state index in [2.05, 4.69) is 12.2 Å². The van der Waals surface area contributed by atoms with E-state index in [-0.39, 0.29) is 5.84 Å². The first kappa shape index (κ1) is 8.46. The molecule has 0 aromatic rings. The molecule has 1 rings (SSSR count). The van der Waals surface area contributed by atoms with E-state index in [4.69, 9.17) is 11.1 Å². The van der Waals surface area contributed by atoms with Crippen LogP contribution in [0.4, 0.5) is 0 Å². The van der Waals surface area contributed by atoms with Crippen LogP contribution in [0.1, 0.15) is 6.92 Å². The lowest BCUT2D eigenvalue weighted by Gasteiger charge is -2.07. The van der Waals surface area contributed by atoms with Crippen molar-refractivity contribution in [3.63, 3.8) is 0 Å². The second kappa shape index (κ2) is 3.17. The summed E-state index contributed by atoms with van der Waals surface area (Å²) in [6, 6.07) is 0. The van der Waals surface area contributed by atoms with Gasteiger partial charge in [-0.25, -0.2) is 0 Å². The lowest BCUT2D eigenvalue weighted by atomic mass is 10.1. The van der Waals surface area contributed by atoms with Crippen LogP contribution in [0.2, 0.25) is 0 Å². The molecule has 3 nitrogen and oxygen atoms in total. The largest absolute Gasteiger partial charge is 0.390 e. The number of rotatable bonds is 2. The predicted molar refractivity (Wildman–Crippen MR) is 49.9 cm³/mol. The fraction of sp³-hybridized carbons (Fsp3) is 0.571. The van der Waals surface area contributed by atoms with Gasteiger partial charge in [-0.2, -0.15) is 0 Å². The summed E-state index contributed by atoms with van der Waals surface area (Å²) in [5.74, 6) is 1.15. The number of thioether (sulfide) groups is 1. The van der Waals surface area contributed by atoms with Gasteiger partial charge in [0.2, 0.25) is 0 Å². The summed E-state index contributed by atoms with van der Waals surface area (Å²) in [5.41, 5.74) is 7.50. The summed E-state index contributed by atoms with van der Waals surface area (Å²) < 4.78 is 0. The molecule has 1 atom stereocenters. The summed E-state index contributed by atoms with van der Waals surface area (Å²) in [7, 11) is 1.87. The standard InChI is InChI=1S/C7H13N3S/c1-4-6(7(8)9)5(10-2)3-11-4/h4,10H,3H2,1-2H3,(H3,8,9)/t4-/m0/s1. The Hall–Kier alpha value is -0.640. The normalized spacial score (nSPS) is 24.0. The summed E-state index contributed by atoms with van der Waals surface area (Å²) >= 11 is 1.81. The first-order valence-corrected chi connectivity index (χ1v) is 4.58. The Bertz CT molecular complexity index is 210. The topological polar surface area (TPSA) is 61.9 Å². The van der Waals surface area contributed by atoms with E-state index in [9.17, 15) is 0 Å². The molecule has 0 bridgehead atoms. The van der Waals surface area contributed by atoms with Gasteiger partial charge in [-0.1, -0.05) is 0 Å². The van der Waals surface area contributed by atoms with E-state index in [0.29, 0.717) is 5.25 Å². The van der Waals surface area contributed by atoms with Crippen LogP contribution in [0.3, 0.4) is 0 Å². The van der Waals surface area contributed by atoms with Crippen LogP contribution in [0.25, 0.3) is 0 Å². The lowest BCUT2D eigenvalue weighted by molar-refractivity contribution is 0.976. The van der Waals surface area contributed by atoms with Gasteiger partial charge >= 0.3 is 0 Å². The maximum Gasteiger partial charge on any atom is 0.121 e.